The zero-order valence-corrected chi connectivity index (χ0v) is 19.5. The Morgan fingerprint density at radius 2 is 1.73 bits per heavy atom. The normalized spacial score (nSPS) is 11.3. The summed E-state index contributed by atoms with van der Waals surface area (Å²) < 4.78 is 61.3. The van der Waals surface area contributed by atoms with Gasteiger partial charge in [0.1, 0.15) is 11.5 Å². The molecule has 2 aromatic carbocycles. The summed E-state index contributed by atoms with van der Waals surface area (Å²) in [6.45, 7) is 2.01. The molecule has 0 saturated heterocycles. The topological polar surface area (TPSA) is 73.3 Å². The van der Waals surface area contributed by atoms with Crippen LogP contribution in [0.2, 0.25) is 0 Å². The molecule has 0 fully saturated rings. The van der Waals surface area contributed by atoms with Crippen LogP contribution < -0.4 is 14.8 Å². The van der Waals surface area contributed by atoms with E-state index in [0.29, 0.717) is 17.3 Å². The van der Waals surface area contributed by atoms with Crippen LogP contribution in [0.4, 0.5) is 23.2 Å². The highest BCUT2D eigenvalue weighted by molar-refractivity contribution is 6.04. The van der Waals surface area contributed by atoms with Crippen LogP contribution >= 0.6 is 0 Å². The van der Waals surface area contributed by atoms with Gasteiger partial charge in [0.15, 0.2) is 0 Å². The zero-order chi connectivity index (χ0) is 26.4. The summed E-state index contributed by atoms with van der Waals surface area (Å²) in [5, 5.41) is 2.62. The standard InChI is InChI=1S/C27H21F4N3O3/c1-2-19-14-17(11-13-32-19)23-10-5-12-33-25(23)36-21-8-4-7-20(16-21)34-24(35)18-6-3-9-22(15-18)37-27(30,31)26(28)29/h3-16,26H,2H2,1H3,(H,34,35). The smallest absolute Gasteiger partial charge is 0.438 e. The lowest BCUT2D eigenvalue weighted by atomic mass is 10.1. The number of rotatable bonds is 9. The minimum atomic E-state index is -4.68. The predicted octanol–water partition coefficient (Wildman–Crippen LogP) is 6.99. The minimum Gasteiger partial charge on any atom is -0.438 e. The second kappa shape index (κ2) is 11.1. The molecule has 0 aliphatic heterocycles. The first-order valence-corrected chi connectivity index (χ1v) is 11.2. The van der Waals surface area contributed by atoms with Crippen LogP contribution in [-0.4, -0.2) is 28.4 Å². The third kappa shape index (κ3) is 6.40. The van der Waals surface area contributed by atoms with E-state index in [4.69, 9.17) is 4.74 Å². The number of anilines is 1. The van der Waals surface area contributed by atoms with E-state index in [-0.39, 0.29) is 5.56 Å². The summed E-state index contributed by atoms with van der Waals surface area (Å²) in [5.41, 5.74) is 2.85. The highest BCUT2D eigenvalue weighted by Gasteiger charge is 2.44. The third-order valence-electron chi connectivity index (χ3n) is 5.17. The second-order valence-corrected chi connectivity index (χ2v) is 7.82. The van der Waals surface area contributed by atoms with Crippen LogP contribution in [0.1, 0.15) is 23.0 Å². The maximum absolute atomic E-state index is 13.2. The number of hydrogen-bond donors (Lipinski definition) is 1. The molecule has 6 nitrogen and oxygen atoms in total. The first kappa shape index (κ1) is 25.6. The Balaban J connectivity index is 1.51. The fraction of sp³-hybridized carbons (Fsp3) is 0.148. The van der Waals surface area contributed by atoms with E-state index in [0.717, 1.165) is 35.4 Å². The Morgan fingerprint density at radius 3 is 2.51 bits per heavy atom. The van der Waals surface area contributed by atoms with Crippen LogP contribution in [0, 0.1) is 0 Å². The maximum atomic E-state index is 13.2. The largest absolute Gasteiger partial charge is 0.461 e. The van der Waals surface area contributed by atoms with Gasteiger partial charge in [0.25, 0.3) is 5.91 Å². The van der Waals surface area contributed by atoms with Gasteiger partial charge in [-0.15, -0.1) is 0 Å². The van der Waals surface area contributed by atoms with Crippen molar-refractivity contribution in [2.45, 2.75) is 25.9 Å². The molecule has 2 heterocycles. The molecule has 2 aromatic heterocycles. The van der Waals surface area contributed by atoms with Crippen molar-refractivity contribution >= 4 is 11.6 Å². The molecule has 37 heavy (non-hydrogen) atoms. The molecule has 0 spiro atoms. The quantitative estimate of drug-likeness (QED) is 0.245. The van der Waals surface area contributed by atoms with Gasteiger partial charge in [-0.2, -0.15) is 17.6 Å². The van der Waals surface area contributed by atoms with Crippen molar-refractivity contribution in [2.75, 3.05) is 5.32 Å². The van der Waals surface area contributed by atoms with Gasteiger partial charge in [-0.1, -0.05) is 19.1 Å². The Kier molecular flexibility index (Phi) is 7.66. The van der Waals surface area contributed by atoms with Gasteiger partial charge >= 0.3 is 12.5 Å². The van der Waals surface area contributed by atoms with E-state index < -0.39 is 24.2 Å². The summed E-state index contributed by atoms with van der Waals surface area (Å²) in [6, 6.07) is 18.6. The number of nitrogens with one attached hydrogen (secondary N) is 1. The van der Waals surface area contributed by atoms with Crippen molar-refractivity contribution in [3.8, 4) is 28.5 Å². The molecule has 0 unspecified atom stereocenters. The van der Waals surface area contributed by atoms with Gasteiger partial charge in [-0.3, -0.25) is 9.78 Å². The number of aromatic nitrogens is 2. The lowest BCUT2D eigenvalue weighted by molar-refractivity contribution is -0.253. The summed E-state index contributed by atoms with van der Waals surface area (Å²) in [7, 11) is 0. The van der Waals surface area contributed by atoms with Gasteiger partial charge < -0.3 is 14.8 Å². The maximum Gasteiger partial charge on any atom is 0.461 e. The van der Waals surface area contributed by atoms with Crippen LogP contribution in [-0.2, 0) is 6.42 Å². The molecule has 0 aliphatic rings. The number of aryl methyl sites for hydroxylation is 1. The first-order chi connectivity index (χ1) is 17.7. The van der Waals surface area contributed by atoms with Crippen molar-refractivity contribution < 1.29 is 31.8 Å². The number of carbonyl (C=O) groups is 1. The molecular formula is C27H21F4N3O3. The molecule has 0 radical (unpaired) electrons. The third-order valence-corrected chi connectivity index (χ3v) is 5.17. The van der Waals surface area contributed by atoms with E-state index in [2.05, 4.69) is 20.0 Å². The summed E-state index contributed by atoms with van der Waals surface area (Å²) in [4.78, 5) is 21.3. The van der Waals surface area contributed by atoms with E-state index in [1.165, 1.54) is 12.1 Å². The van der Waals surface area contributed by atoms with Gasteiger partial charge in [0.2, 0.25) is 5.88 Å². The SMILES string of the molecule is CCc1cc(-c2cccnc2Oc2cccc(NC(=O)c3cccc(OC(F)(F)C(F)F)c3)c2)ccn1. The Morgan fingerprint density at radius 1 is 0.946 bits per heavy atom. The average molecular weight is 511 g/mol. The van der Waals surface area contributed by atoms with Crippen LogP contribution in [0.25, 0.3) is 11.1 Å². The van der Waals surface area contributed by atoms with E-state index in [1.807, 2.05) is 25.1 Å². The Labute approximate surface area is 209 Å². The van der Waals surface area contributed by atoms with Gasteiger partial charge in [0, 0.05) is 41.0 Å². The van der Waals surface area contributed by atoms with Crippen molar-refractivity contribution in [3.05, 3.63) is 96.4 Å². The lowest BCUT2D eigenvalue weighted by Gasteiger charge is -2.17. The van der Waals surface area contributed by atoms with Crippen molar-refractivity contribution in [1.29, 1.82) is 0 Å². The molecule has 0 bridgehead atoms. The number of hydrogen-bond acceptors (Lipinski definition) is 5. The van der Waals surface area contributed by atoms with Crippen molar-refractivity contribution in [2.24, 2.45) is 0 Å². The molecule has 190 valence electrons. The highest BCUT2D eigenvalue weighted by Crippen LogP contribution is 2.33. The number of amides is 1. The minimum absolute atomic E-state index is 0.0645. The molecule has 4 rings (SSSR count). The van der Waals surface area contributed by atoms with E-state index in [9.17, 15) is 22.4 Å². The highest BCUT2D eigenvalue weighted by atomic mass is 19.3. The molecule has 1 amide bonds. The van der Waals surface area contributed by atoms with Crippen LogP contribution in [0.5, 0.6) is 17.4 Å². The van der Waals surface area contributed by atoms with Crippen LogP contribution in [0.15, 0.2) is 85.2 Å². The Hall–Kier alpha value is -4.47. The molecule has 10 heteroatoms. The van der Waals surface area contributed by atoms with E-state index in [1.54, 1.807) is 42.7 Å². The zero-order valence-electron chi connectivity index (χ0n) is 19.5. The predicted molar refractivity (Wildman–Crippen MR) is 129 cm³/mol. The summed E-state index contributed by atoms with van der Waals surface area (Å²) in [5.74, 6) is -0.495. The first-order valence-electron chi connectivity index (χ1n) is 11.2. The fourth-order valence-electron chi connectivity index (χ4n) is 3.39. The number of ether oxygens (including phenoxy) is 2. The Bertz CT molecular complexity index is 1400. The van der Waals surface area contributed by atoms with Crippen LogP contribution in [0.3, 0.4) is 0 Å². The van der Waals surface area contributed by atoms with Gasteiger partial charge in [-0.05, 0) is 66.6 Å². The second-order valence-electron chi connectivity index (χ2n) is 7.82. The van der Waals surface area contributed by atoms with Crippen molar-refractivity contribution in [1.82, 2.24) is 9.97 Å². The fourth-order valence-corrected chi connectivity index (χ4v) is 3.39. The number of benzene rings is 2. The number of alkyl halides is 4. The molecule has 0 saturated carbocycles. The molecule has 0 atom stereocenters. The molecule has 4 aromatic rings. The van der Waals surface area contributed by atoms with Gasteiger partial charge in [-0.25, -0.2) is 4.98 Å². The van der Waals surface area contributed by atoms with Gasteiger partial charge in [0.05, 0.1) is 0 Å². The monoisotopic (exact) mass is 511 g/mol. The summed E-state index contributed by atoms with van der Waals surface area (Å²) >= 11 is 0. The number of nitrogens with zero attached hydrogens (tertiary/aromatic N) is 2. The number of carbonyl (C=O) groups excluding carboxylic acids is 1. The molecular weight excluding hydrogens is 490 g/mol. The number of halogens is 4. The molecule has 1 N–H and O–H groups in total. The molecule has 0 aliphatic carbocycles. The van der Waals surface area contributed by atoms with Crippen molar-refractivity contribution in [3.63, 3.8) is 0 Å². The average Bonchev–Trinajstić information content (AvgIpc) is 2.89. The lowest BCUT2D eigenvalue weighted by Crippen LogP contribution is -2.33. The number of pyridine rings is 2. The van der Waals surface area contributed by atoms with E-state index >= 15 is 0 Å². The summed E-state index contributed by atoms with van der Waals surface area (Å²) in [6.07, 6.45) is -4.61.